The third-order valence-electron chi connectivity index (χ3n) is 1.74. The second kappa shape index (κ2) is 2.13. The maximum atomic E-state index is 11.0. The minimum Gasteiger partial charge on any atom is -0.399 e. The van der Waals surface area contributed by atoms with E-state index < -0.39 is 10.0 Å². The van der Waals surface area contributed by atoms with Gasteiger partial charge in [-0.3, -0.25) is 4.72 Å². The summed E-state index contributed by atoms with van der Waals surface area (Å²) in [7, 11) is -3.13. The zero-order valence-corrected chi connectivity index (χ0v) is 7.06. The van der Waals surface area contributed by atoms with Crippen LogP contribution < -0.4 is 10.5 Å². The first-order valence-corrected chi connectivity index (χ1v) is 5.11. The molecule has 0 aliphatic carbocycles. The number of benzene rings is 1. The molecule has 0 unspecified atom stereocenters. The lowest BCUT2D eigenvalue weighted by molar-refractivity contribution is 0.602. The maximum absolute atomic E-state index is 11.0. The predicted molar refractivity (Wildman–Crippen MR) is 47.1 cm³/mol. The number of anilines is 2. The highest BCUT2D eigenvalue weighted by Gasteiger charge is 2.22. The average molecular weight is 184 g/mol. The van der Waals surface area contributed by atoms with E-state index in [1.807, 2.05) is 0 Å². The van der Waals surface area contributed by atoms with Crippen molar-refractivity contribution in [3.05, 3.63) is 23.8 Å². The van der Waals surface area contributed by atoms with Crippen molar-refractivity contribution in [3.8, 4) is 0 Å². The van der Waals surface area contributed by atoms with Gasteiger partial charge in [0.25, 0.3) is 0 Å². The van der Waals surface area contributed by atoms with Crippen molar-refractivity contribution in [2.24, 2.45) is 0 Å². The molecule has 0 aromatic heterocycles. The predicted octanol–water partition coefficient (Wildman–Crippen LogP) is 0.524. The molecule has 0 spiro atoms. The molecule has 0 atom stereocenters. The van der Waals surface area contributed by atoms with E-state index in [1.54, 1.807) is 18.2 Å². The van der Waals surface area contributed by atoms with Gasteiger partial charge in [-0.2, -0.15) is 0 Å². The fraction of sp³-hybridized carbons (Fsp3) is 0.143. The Balaban J connectivity index is 2.56. The Kier molecular flexibility index (Phi) is 1.32. The van der Waals surface area contributed by atoms with Crippen molar-refractivity contribution in [1.29, 1.82) is 0 Å². The fourth-order valence-corrected chi connectivity index (χ4v) is 2.50. The van der Waals surface area contributed by atoms with Crippen molar-refractivity contribution < 1.29 is 8.42 Å². The molecule has 1 aromatic rings. The van der Waals surface area contributed by atoms with Crippen LogP contribution in [0.5, 0.6) is 0 Å². The van der Waals surface area contributed by atoms with E-state index in [0.717, 1.165) is 5.56 Å². The summed E-state index contributed by atoms with van der Waals surface area (Å²) in [6.07, 6.45) is 0. The molecule has 1 aromatic carbocycles. The number of sulfonamides is 1. The first-order chi connectivity index (χ1) is 5.57. The third-order valence-corrected chi connectivity index (χ3v) is 2.96. The average Bonchev–Trinajstić information content (AvgIpc) is 2.21. The lowest BCUT2D eigenvalue weighted by Gasteiger charge is -1.97. The highest BCUT2D eigenvalue weighted by Crippen LogP contribution is 2.28. The zero-order chi connectivity index (χ0) is 8.77. The Morgan fingerprint density at radius 3 is 2.92 bits per heavy atom. The maximum Gasteiger partial charge on any atom is 0.237 e. The molecule has 3 N–H and O–H groups in total. The molecule has 12 heavy (non-hydrogen) atoms. The lowest BCUT2D eigenvalue weighted by atomic mass is 10.2. The Bertz CT molecular complexity index is 425. The van der Waals surface area contributed by atoms with Crippen molar-refractivity contribution >= 4 is 21.4 Å². The van der Waals surface area contributed by atoms with Gasteiger partial charge in [-0.1, -0.05) is 0 Å². The topological polar surface area (TPSA) is 72.2 Å². The molecule has 0 bridgehead atoms. The molecule has 0 amide bonds. The molecule has 4 nitrogen and oxygen atoms in total. The monoisotopic (exact) mass is 184 g/mol. The Labute approximate surface area is 70.4 Å². The number of nitrogens with one attached hydrogen (secondary N) is 1. The summed E-state index contributed by atoms with van der Waals surface area (Å²) >= 11 is 0. The molecule has 64 valence electrons. The van der Waals surface area contributed by atoms with Crippen LogP contribution in [-0.2, 0) is 15.8 Å². The number of hydrogen-bond acceptors (Lipinski definition) is 3. The van der Waals surface area contributed by atoms with Gasteiger partial charge in [-0.25, -0.2) is 8.42 Å². The zero-order valence-electron chi connectivity index (χ0n) is 6.24. The summed E-state index contributed by atoms with van der Waals surface area (Å²) < 4.78 is 24.5. The number of hydrogen-bond donors (Lipinski definition) is 2. The lowest BCUT2D eigenvalue weighted by Crippen LogP contribution is -2.05. The van der Waals surface area contributed by atoms with Gasteiger partial charge in [-0.05, 0) is 23.8 Å². The van der Waals surface area contributed by atoms with Crippen molar-refractivity contribution in [2.75, 3.05) is 10.5 Å². The van der Waals surface area contributed by atoms with Crippen molar-refractivity contribution in [1.82, 2.24) is 0 Å². The minimum absolute atomic E-state index is 0.0351. The molecule has 2 rings (SSSR count). The van der Waals surface area contributed by atoms with Crippen LogP contribution in [0.4, 0.5) is 11.4 Å². The summed E-state index contributed by atoms with van der Waals surface area (Å²) in [6, 6.07) is 5.02. The van der Waals surface area contributed by atoms with Gasteiger partial charge in [0.1, 0.15) is 0 Å². The standard InChI is InChI=1S/C7H8N2O2S/c8-6-1-2-7-5(3-6)4-12(10,11)9-7/h1-3,9H,4,8H2. The van der Waals surface area contributed by atoms with Crippen LogP contribution >= 0.6 is 0 Å². The molecule has 0 radical (unpaired) electrons. The summed E-state index contributed by atoms with van der Waals surface area (Å²) in [5.74, 6) is 0.0351. The van der Waals surface area contributed by atoms with E-state index in [-0.39, 0.29) is 5.75 Å². The van der Waals surface area contributed by atoms with Crippen molar-refractivity contribution in [3.63, 3.8) is 0 Å². The van der Waals surface area contributed by atoms with Gasteiger partial charge in [0.2, 0.25) is 10.0 Å². The van der Waals surface area contributed by atoms with Crippen LogP contribution in [0, 0.1) is 0 Å². The molecular weight excluding hydrogens is 176 g/mol. The molecule has 5 heteroatoms. The SMILES string of the molecule is Nc1ccc2c(c1)CS(=O)(=O)N2. The van der Waals surface area contributed by atoms with Gasteiger partial charge in [-0.15, -0.1) is 0 Å². The normalized spacial score (nSPS) is 18.3. The van der Waals surface area contributed by atoms with Crippen LogP contribution in [0.1, 0.15) is 5.56 Å². The molecule has 0 fully saturated rings. The van der Waals surface area contributed by atoms with E-state index in [2.05, 4.69) is 4.72 Å². The number of nitrogen functional groups attached to an aromatic ring is 1. The van der Waals surface area contributed by atoms with Crippen LogP contribution in [0.25, 0.3) is 0 Å². The van der Waals surface area contributed by atoms with E-state index in [1.165, 1.54) is 0 Å². The summed E-state index contributed by atoms with van der Waals surface area (Å²) in [4.78, 5) is 0. The summed E-state index contributed by atoms with van der Waals surface area (Å²) in [6.45, 7) is 0. The van der Waals surface area contributed by atoms with E-state index >= 15 is 0 Å². The van der Waals surface area contributed by atoms with Gasteiger partial charge < -0.3 is 5.73 Å². The largest absolute Gasteiger partial charge is 0.399 e. The molecular formula is C7H8N2O2S. The van der Waals surface area contributed by atoms with Crippen LogP contribution in [-0.4, -0.2) is 8.42 Å². The first kappa shape index (κ1) is 7.42. The highest BCUT2D eigenvalue weighted by atomic mass is 32.2. The highest BCUT2D eigenvalue weighted by molar-refractivity contribution is 7.92. The first-order valence-electron chi connectivity index (χ1n) is 3.46. The molecule has 0 saturated carbocycles. The second-order valence-corrected chi connectivity index (χ2v) is 4.50. The Morgan fingerprint density at radius 2 is 2.17 bits per heavy atom. The van der Waals surface area contributed by atoms with E-state index in [4.69, 9.17) is 5.73 Å². The number of nitrogens with two attached hydrogens (primary N) is 1. The second-order valence-electron chi connectivity index (χ2n) is 2.78. The summed E-state index contributed by atoms with van der Waals surface area (Å²) in [5.41, 5.74) is 7.48. The van der Waals surface area contributed by atoms with Crippen LogP contribution in [0.15, 0.2) is 18.2 Å². The van der Waals surface area contributed by atoms with E-state index in [9.17, 15) is 8.42 Å². The van der Waals surface area contributed by atoms with Crippen LogP contribution in [0.2, 0.25) is 0 Å². The molecule has 0 saturated heterocycles. The van der Waals surface area contributed by atoms with Gasteiger partial charge in [0, 0.05) is 5.69 Å². The summed E-state index contributed by atoms with van der Waals surface area (Å²) in [5, 5.41) is 0. The molecule has 1 aliphatic rings. The van der Waals surface area contributed by atoms with Crippen molar-refractivity contribution in [2.45, 2.75) is 5.75 Å². The van der Waals surface area contributed by atoms with Gasteiger partial charge >= 0.3 is 0 Å². The van der Waals surface area contributed by atoms with E-state index in [0.29, 0.717) is 11.4 Å². The van der Waals surface area contributed by atoms with Crippen LogP contribution in [0.3, 0.4) is 0 Å². The number of fused-ring (bicyclic) bond motifs is 1. The number of rotatable bonds is 0. The smallest absolute Gasteiger partial charge is 0.237 e. The molecule has 1 aliphatic heterocycles. The quantitative estimate of drug-likeness (QED) is 0.577. The third kappa shape index (κ3) is 1.12. The van der Waals surface area contributed by atoms with Gasteiger partial charge in [0.15, 0.2) is 0 Å². The Hall–Kier alpha value is -1.23. The Morgan fingerprint density at radius 1 is 1.42 bits per heavy atom. The van der Waals surface area contributed by atoms with Gasteiger partial charge in [0.05, 0.1) is 11.4 Å². The minimum atomic E-state index is -3.13. The molecule has 1 heterocycles. The fourth-order valence-electron chi connectivity index (χ4n) is 1.24.